The molecule has 0 aliphatic heterocycles. The zero-order valence-electron chi connectivity index (χ0n) is 11.3. The fourth-order valence-electron chi connectivity index (χ4n) is 2.60. The van der Waals surface area contributed by atoms with E-state index in [2.05, 4.69) is 23.0 Å². The molecule has 0 radical (unpaired) electrons. The van der Waals surface area contributed by atoms with Gasteiger partial charge in [0.2, 0.25) is 0 Å². The van der Waals surface area contributed by atoms with Gasteiger partial charge in [-0.05, 0) is 38.0 Å². The number of phenols is 1. The number of rotatable bonds is 3. The first-order valence-corrected chi connectivity index (χ1v) is 6.80. The van der Waals surface area contributed by atoms with Crippen LogP contribution in [0.1, 0.15) is 31.2 Å². The van der Waals surface area contributed by atoms with Gasteiger partial charge in [-0.1, -0.05) is 13.3 Å². The van der Waals surface area contributed by atoms with Crippen molar-refractivity contribution in [3.63, 3.8) is 0 Å². The summed E-state index contributed by atoms with van der Waals surface area (Å²) in [5.41, 5.74) is 4.22. The number of aromatic nitrogens is 2. The number of nitrogens with zero attached hydrogens (tertiary/aromatic N) is 1. The van der Waals surface area contributed by atoms with Gasteiger partial charge in [-0.25, -0.2) is 0 Å². The van der Waals surface area contributed by atoms with Gasteiger partial charge in [0.05, 0.1) is 16.7 Å². The van der Waals surface area contributed by atoms with E-state index in [0.29, 0.717) is 0 Å². The monoisotopic (exact) mass is 254 g/mol. The van der Waals surface area contributed by atoms with Gasteiger partial charge in [-0.15, -0.1) is 0 Å². The number of H-pyrrole nitrogens is 1. The number of unbranched alkanes of at least 4 members (excludes halogenated alkanes) is 1. The Bertz CT molecular complexity index is 743. The molecule has 98 valence electrons. The van der Waals surface area contributed by atoms with Crippen LogP contribution in [0.15, 0.2) is 24.3 Å². The van der Waals surface area contributed by atoms with E-state index < -0.39 is 0 Å². The first-order valence-electron chi connectivity index (χ1n) is 6.80. The van der Waals surface area contributed by atoms with Crippen molar-refractivity contribution < 1.29 is 5.11 Å². The summed E-state index contributed by atoms with van der Waals surface area (Å²) < 4.78 is 0. The van der Waals surface area contributed by atoms with Gasteiger partial charge in [0, 0.05) is 22.5 Å². The third kappa shape index (κ3) is 2.05. The second kappa shape index (κ2) is 4.57. The summed E-state index contributed by atoms with van der Waals surface area (Å²) in [6, 6.07) is 7.64. The summed E-state index contributed by atoms with van der Waals surface area (Å²) in [6.45, 7) is 4.23. The molecule has 3 rings (SSSR count). The minimum Gasteiger partial charge on any atom is -0.508 e. The van der Waals surface area contributed by atoms with Crippen molar-refractivity contribution in [2.45, 2.75) is 33.1 Å². The molecule has 0 amide bonds. The molecule has 3 heteroatoms. The Balaban J connectivity index is 2.24. The highest BCUT2D eigenvalue weighted by atomic mass is 16.3. The van der Waals surface area contributed by atoms with Gasteiger partial charge in [0.1, 0.15) is 5.75 Å². The van der Waals surface area contributed by atoms with E-state index in [4.69, 9.17) is 0 Å². The van der Waals surface area contributed by atoms with E-state index in [0.717, 1.165) is 34.2 Å². The van der Waals surface area contributed by atoms with E-state index in [1.54, 1.807) is 12.1 Å². The standard InChI is InChI=1S/C16H18N2O/c1-3-4-5-11-8-14-13-7-6-12(19)9-15(13)18-16(14)10(2)17-11/h6-9,18-19H,3-5H2,1-2H3. The van der Waals surface area contributed by atoms with Crippen molar-refractivity contribution in [1.29, 1.82) is 0 Å². The Morgan fingerprint density at radius 2 is 2.05 bits per heavy atom. The first kappa shape index (κ1) is 12.0. The molecule has 19 heavy (non-hydrogen) atoms. The smallest absolute Gasteiger partial charge is 0.117 e. The molecule has 0 saturated carbocycles. The highest BCUT2D eigenvalue weighted by Gasteiger charge is 2.09. The maximum absolute atomic E-state index is 9.56. The predicted molar refractivity (Wildman–Crippen MR) is 78.6 cm³/mol. The second-order valence-corrected chi connectivity index (χ2v) is 5.08. The number of hydrogen-bond donors (Lipinski definition) is 2. The molecule has 0 fully saturated rings. The quantitative estimate of drug-likeness (QED) is 0.740. The summed E-state index contributed by atoms with van der Waals surface area (Å²) in [5, 5.41) is 11.9. The second-order valence-electron chi connectivity index (χ2n) is 5.08. The lowest BCUT2D eigenvalue weighted by atomic mass is 10.1. The molecule has 0 bridgehead atoms. The topological polar surface area (TPSA) is 48.9 Å². The molecular formula is C16H18N2O. The summed E-state index contributed by atoms with van der Waals surface area (Å²) >= 11 is 0. The number of aromatic hydroxyl groups is 1. The van der Waals surface area contributed by atoms with Gasteiger partial charge < -0.3 is 10.1 Å². The molecule has 2 N–H and O–H groups in total. The highest BCUT2D eigenvalue weighted by Crippen LogP contribution is 2.29. The van der Waals surface area contributed by atoms with Crippen LogP contribution in [0.5, 0.6) is 5.75 Å². The lowest BCUT2D eigenvalue weighted by Gasteiger charge is -2.02. The van der Waals surface area contributed by atoms with Crippen LogP contribution >= 0.6 is 0 Å². The molecular weight excluding hydrogens is 236 g/mol. The molecule has 3 aromatic rings. The Morgan fingerprint density at radius 3 is 2.84 bits per heavy atom. The maximum atomic E-state index is 9.56. The van der Waals surface area contributed by atoms with Gasteiger partial charge in [-0.2, -0.15) is 0 Å². The first-order chi connectivity index (χ1) is 9.19. The zero-order valence-corrected chi connectivity index (χ0v) is 11.3. The molecule has 0 spiro atoms. The summed E-state index contributed by atoms with van der Waals surface area (Å²) in [6.07, 6.45) is 3.37. The van der Waals surface area contributed by atoms with Crippen LogP contribution in [0.4, 0.5) is 0 Å². The number of aryl methyl sites for hydroxylation is 2. The average Bonchev–Trinajstić information content (AvgIpc) is 2.74. The molecule has 0 aliphatic rings. The van der Waals surface area contributed by atoms with Gasteiger partial charge in [0.25, 0.3) is 0 Å². The largest absolute Gasteiger partial charge is 0.508 e. The molecule has 3 nitrogen and oxygen atoms in total. The third-order valence-corrected chi connectivity index (χ3v) is 3.59. The number of aromatic amines is 1. The van der Waals surface area contributed by atoms with E-state index in [1.165, 1.54) is 18.2 Å². The SMILES string of the molecule is CCCCc1cc2c([nH]c3cc(O)ccc32)c(C)n1. The minimum atomic E-state index is 0.288. The lowest BCUT2D eigenvalue weighted by molar-refractivity contribution is 0.476. The van der Waals surface area contributed by atoms with Crippen molar-refractivity contribution in [1.82, 2.24) is 9.97 Å². The van der Waals surface area contributed by atoms with Crippen LogP contribution in [0.3, 0.4) is 0 Å². The van der Waals surface area contributed by atoms with Crippen LogP contribution in [0.2, 0.25) is 0 Å². The number of fused-ring (bicyclic) bond motifs is 3. The van der Waals surface area contributed by atoms with Crippen LogP contribution in [-0.4, -0.2) is 15.1 Å². The normalized spacial score (nSPS) is 11.5. The Hall–Kier alpha value is -2.03. The van der Waals surface area contributed by atoms with Crippen molar-refractivity contribution in [2.24, 2.45) is 0 Å². The molecule has 0 saturated heterocycles. The van der Waals surface area contributed by atoms with Crippen molar-refractivity contribution in [2.75, 3.05) is 0 Å². The molecule has 0 atom stereocenters. The summed E-state index contributed by atoms with van der Waals surface area (Å²) in [7, 11) is 0. The van der Waals surface area contributed by atoms with E-state index >= 15 is 0 Å². The van der Waals surface area contributed by atoms with Gasteiger partial charge in [-0.3, -0.25) is 4.98 Å². The molecule has 2 heterocycles. The van der Waals surface area contributed by atoms with Crippen LogP contribution in [-0.2, 0) is 6.42 Å². The zero-order chi connectivity index (χ0) is 13.4. The van der Waals surface area contributed by atoms with Crippen LogP contribution in [0.25, 0.3) is 21.8 Å². The Morgan fingerprint density at radius 1 is 1.21 bits per heavy atom. The van der Waals surface area contributed by atoms with Crippen molar-refractivity contribution in [3.8, 4) is 5.75 Å². The molecule has 2 aromatic heterocycles. The number of benzene rings is 1. The number of pyridine rings is 1. The van der Waals surface area contributed by atoms with E-state index in [9.17, 15) is 5.11 Å². The fourth-order valence-corrected chi connectivity index (χ4v) is 2.60. The number of nitrogens with one attached hydrogen (secondary N) is 1. The Kier molecular flexibility index (Phi) is 2.90. The summed E-state index contributed by atoms with van der Waals surface area (Å²) in [5.74, 6) is 0.288. The highest BCUT2D eigenvalue weighted by molar-refractivity contribution is 6.08. The number of hydrogen-bond acceptors (Lipinski definition) is 2. The van der Waals surface area contributed by atoms with Gasteiger partial charge >= 0.3 is 0 Å². The maximum Gasteiger partial charge on any atom is 0.117 e. The van der Waals surface area contributed by atoms with Crippen LogP contribution in [0, 0.1) is 6.92 Å². The third-order valence-electron chi connectivity index (χ3n) is 3.59. The van der Waals surface area contributed by atoms with E-state index in [-0.39, 0.29) is 5.75 Å². The Labute approximate surface area is 112 Å². The fraction of sp³-hybridized carbons (Fsp3) is 0.312. The van der Waals surface area contributed by atoms with Crippen molar-refractivity contribution in [3.05, 3.63) is 35.7 Å². The predicted octanol–water partition coefficient (Wildman–Crippen LogP) is 4.07. The van der Waals surface area contributed by atoms with Gasteiger partial charge in [0.15, 0.2) is 0 Å². The molecule has 1 aromatic carbocycles. The average molecular weight is 254 g/mol. The van der Waals surface area contributed by atoms with E-state index in [1.807, 2.05) is 13.0 Å². The summed E-state index contributed by atoms with van der Waals surface area (Å²) in [4.78, 5) is 8.01. The molecule has 0 unspecified atom stereocenters. The molecule has 0 aliphatic carbocycles. The number of phenolic OH excluding ortho intramolecular Hbond substituents is 1. The minimum absolute atomic E-state index is 0.288. The lowest BCUT2D eigenvalue weighted by Crippen LogP contribution is -1.93. The van der Waals surface area contributed by atoms with Crippen LogP contribution < -0.4 is 0 Å². The van der Waals surface area contributed by atoms with Crippen molar-refractivity contribution >= 4 is 21.8 Å².